The highest BCUT2D eigenvalue weighted by Crippen LogP contribution is 2.27. The predicted octanol–water partition coefficient (Wildman–Crippen LogP) is 1.54. The molecule has 2 aliphatic rings. The van der Waals surface area contributed by atoms with Gasteiger partial charge in [0.2, 0.25) is 0 Å². The fourth-order valence-electron chi connectivity index (χ4n) is 2.70. The van der Waals surface area contributed by atoms with Crippen LogP contribution >= 0.6 is 0 Å². The highest BCUT2D eigenvalue weighted by Gasteiger charge is 2.35. The zero-order chi connectivity index (χ0) is 17.0. The Hall–Kier alpha value is -3.61. The van der Waals surface area contributed by atoms with Crippen LogP contribution in [0.15, 0.2) is 36.4 Å². The Morgan fingerprint density at radius 3 is 2.17 bits per heavy atom. The van der Waals surface area contributed by atoms with Gasteiger partial charge in [0.25, 0.3) is 0 Å². The third kappa shape index (κ3) is 1.81. The summed E-state index contributed by atoms with van der Waals surface area (Å²) in [6, 6.07) is 8.12. The number of cyclic esters (lactones) is 4. The first-order chi connectivity index (χ1) is 11.5. The van der Waals surface area contributed by atoms with Crippen LogP contribution in [-0.2, 0) is 9.47 Å². The van der Waals surface area contributed by atoms with E-state index < -0.39 is 29.7 Å². The molecule has 0 saturated heterocycles. The van der Waals surface area contributed by atoms with E-state index in [1.807, 2.05) is 0 Å². The zero-order valence-corrected chi connectivity index (χ0v) is 11.8. The number of hydrogen-bond donors (Lipinski definition) is 0. The molecule has 0 spiro atoms. The summed E-state index contributed by atoms with van der Waals surface area (Å²) in [6.07, 6.45) is 0. The molecule has 0 atom stereocenters. The standard InChI is InChI=1S/C17H6O7/c18-13(7-4-5-8-11(6-7)16(21)23-14(8)19)9-2-1-3-10-12(9)17(22)24-15(10)20/h1-6H. The van der Waals surface area contributed by atoms with Gasteiger partial charge in [-0.25, -0.2) is 19.2 Å². The molecule has 2 aliphatic heterocycles. The van der Waals surface area contributed by atoms with Crippen LogP contribution in [0.25, 0.3) is 0 Å². The summed E-state index contributed by atoms with van der Waals surface area (Å²) in [7, 11) is 0. The van der Waals surface area contributed by atoms with Gasteiger partial charge in [0.15, 0.2) is 5.78 Å². The lowest BCUT2D eigenvalue weighted by Gasteiger charge is -2.05. The predicted molar refractivity (Wildman–Crippen MR) is 75.8 cm³/mol. The third-order valence-electron chi connectivity index (χ3n) is 3.83. The van der Waals surface area contributed by atoms with Crippen LogP contribution in [0.4, 0.5) is 0 Å². The zero-order valence-electron chi connectivity index (χ0n) is 11.8. The monoisotopic (exact) mass is 322 g/mol. The van der Waals surface area contributed by atoms with Gasteiger partial charge in [-0.05, 0) is 18.2 Å². The normalized spacial score (nSPS) is 15.0. The van der Waals surface area contributed by atoms with Crippen molar-refractivity contribution < 1.29 is 33.4 Å². The molecule has 0 fully saturated rings. The summed E-state index contributed by atoms with van der Waals surface area (Å²) in [5.41, 5.74) is 0.0386. The van der Waals surface area contributed by atoms with Crippen molar-refractivity contribution in [1.29, 1.82) is 0 Å². The van der Waals surface area contributed by atoms with Crippen molar-refractivity contribution in [2.45, 2.75) is 0 Å². The molecular formula is C17H6O7. The highest BCUT2D eigenvalue weighted by atomic mass is 16.6. The van der Waals surface area contributed by atoms with Gasteiger partial charge in [-0.3, -0.25) is 4.79 Å². The second-order valence-electron chi connectivity index (χ2n) is 5.17. The van der Waals surface area contributed by atoms with E-state index in [0.717, 1.165) is 0 Å². The third-order valence-corrected chi connectivity index (χ3v) is 3.83. The molecule has 7 nitrogen and oxygen atoms in total. The van der Waals surface area contributed by atoms with Gasteiger partial charge in [0, 0.05) is 11.1 Å². The average Bonchev–Trinajstić information content (AvgIpc) is 3.03. The number of benzene rings is 2. The maximum atomic E-state index is 12.7. The molecule has 0 N–H and O–H groups in total. The number of ether oxygens (including phenoxy) is 2. The maximum absolute atomic E-state index is 12.7. The molecule has 116 valence electrons. The summed E-state index contributed by atoms with van der Waals surface area (Å²) in [5, 5.41) is 0. The largest absolute Gasteiger partial charge is 0.386 e. The molecule has 24 heavy (non-hydrogen) atoms. The van der Waals surface area contributed by atoms with Crippen LogP contribution in [0.5, 0.6) is 0 Å². The molecule has 0 bridgehead atoms. The van der Waals surface area contributed by atoms with Gasteiger partial charge in [-0.2, -0.15) is 0 Å². The maximum Gasteiger partial charge on any atom is 0.347 e. The molecule has 7 heteroatoms. The Bertz CT molecular complexity index is 1000. The van der Waals surface area contributed by atoms with Gasteiger partial charge in [-0.1, -0.05) is 18.2 Å². The summed E-state index contributed by atoms with van der Waals surface area (Å²) >= 11 is 0. The van der Waals surface area contributed by atoms with Crippen molar-refractivity contribution in [3.8, 4) is 0 Å². The van der Waals surface area contributed by atoms with E-state index in [-0.39, 0.29) is 33.4 Å². The molecule has 4 rings (SSSR count). The first-order valence-corrected chi connectivity index (χ1v) is 6.82. The molecule has 0 radical (unpaired) electrons. The summed E-state index contributed by atoms with van der Waals surface area (Å²) in [6.45, 7) is 0. The molecule has 2 aromatic rings. The number of hydrogen-bond acceptors (Lipinski definition) is 7. The van der Waals surface area contributed by atoms with Gasteiger partial charge in [0.05, 0.1) is 22.3 Å². The minimum Gasteiger partial charge on any atom is -0.386 e. The Kier molecular flexibility index (Phi) is 2.74. The number of esters is 4. The van der Waals surface area contributed by atoms with Crippen molar-refractivity contribution in [3.05, 3.63) is 69.8 Å². The first kappa shape index (κ1) is 14.0. The fourth-order valence-corrected chi connectivity index (χ4v) is 2.70. The lowest BCUT2D eigenvalue weighted by atomic mass is 9.94. The van der Waals surface area contributed by atoms with E-state index in [1.54, 1.807) is 0 Å². The Labute approximate surface area is 133 Å². The fraction of sp³-hybridized carbons (Fsp3) is 0. The van der Waals surface area contributed by atoms with E-state index in [0.29, 0.717) is 0 Å². The van der Waals surface area contributed by atoms with Crippen LogP contribution in [0.2, 0.25) is 0 Å². The van der Waals surface area contributed by atoms with Crippen molar-refractivity contribution >= 4 is 29.7 Å². The SMILES string of the molecule is O=C1OC(=O)c2cc(C(=O)c3cccc4c3C(=O)OC4=O)ccc21. The lowest BCUT2D eigenvalue weighted by molar-refractivity contribution is 0.0425. The molecule has 0 aliphatic carbocycles. The van der Waals surface area contributed by atoms with E-state index >= 15 is 0 Å². The minimum atomic E-state index is -0.894. The van der Waals surface area contributed by atoms with Crippen LogP contribution in [0, 0.1) is 0 Å². The van der Waals surface area contributed by atoms with Crippen molar-refractivity contribution in [3.63, 3.8) is 0 Å². The Morgan fingerprint density at radius 1 is 0.708 bits per heavy atom. The number of fused-ring (bicyclic) bond motifs is 2. The minimum absolute atomic E-state index is 0.0130. The molecule has 0 saturated carbocycles. The van der Waals surface area contributed by atoms with Crippen LogP contribution in [0.1, 0.15) is 57.4 Å². The van der Waals surface area contributed by atoms with Crippen LogP contribution in [0.3, 0.4) is 0 Å². The lowest BCUT2D eigenvalue weighted by Crippen LogP contribution is -2.09. The molecule has 0 unspecified atom stereocenters. The Morgan fingerprint density at radius 2 is 1.38 bits per heavy atom. The topological polar surface area (TPSA) is 104 Å². The van der Waals surface area contributed by atoms with Crippen molar-refractivity contribution in [2.75, 3.05) is 0 Å². The number of ketones is 1. The quantitative estimate of drug-likeness (QED) is 0.469. The van der Waals surface area contributed by atoms with E-state index in [9.17, 15) is 24.0 Å². The second kappa shape index (κ2) is 4.69. The molecule has 0 aromatic heterocycles. The van der Waals surface area contributed by atoms with Crippen molar-refractivity contribution in [1.82, 2.24) is 0 Å². The van der Waals surface area contributed by atoms with E-state index in [1.165, 1.54) is 36.4 Å². The van der Waals surface area contributed by atoms with Gasteiger partial charge in [0.1, 0.15) is 0 Å². The number of rotatable bonds is 2. The summed E-state index contributed by atoms with van der Waals surface area (Å²) < 4.78 is 8.98. The first-order valence-electron chi connectivity index (χ1n) is 6.82. The van der Waals surface area contributed by atoms with Gasteiger partial charge >= 0.3 is 23.9 Å². The van der Waals surface area contributed by atoms with Crippen LogP contribution in [-0.4, -0.2) is 29.7 Å². The average molecular weight is 322 g/mol. The second-order valence-corrected chi connectivity index (χ2v) is 5.17. The molecule has 2 heterocycles. The summed E-state index contributed by atoms with van der Waals surface area (Å²) in [4.78, 5) is 59.1. The Balaban J connectivity index is 1.84. The summed E-state index contributed by atoms with van der Waals surface area (Å²) in [5.74, 6) is -3.89. The highest BCUT2D eigenvalue weighted by molar-refractivity contribution is 6.23. The molecule has 2 aromatic carbocycles. The smallest absolute Gasteiger partial charge is 0.347 e. The van der Waals surface area contributed by atoms with E-state index in [2.05, 4.69) is 9.47 Å². The van der Waals surface area contributed by atoms with Crippen LogP contribution < -0.4 is 0 Å². The number of carbonyl (C=O) groups is 5. The number of carbonyl (C=O) groups excluding carboxylic acids is 5. The van der Waals surface area contributed by atoms with Crippen molar-refractivity contribution in [2.24, 2.45) is 0 Å². The molecule has 0 amide bonds. The van der Waals surface area contributed by atoms with Gasteiger partial charge in [-0.15, -0.1) is 0 Å². The molecular weight excluding hydrogens is 316 g/mol. The van der Waals surface area contributed by atoms with E-state index in [4.69, 9.17) is 0 Å². The van der Waals surface area contributed by atoms with Gasteiger partial charge < -0.3 is 9.47 Å².